The summed E-state index contributed by atoms with van der Waals surface area (Å²) in [5.74, 6) is -0.673. The molecule has 0 rings (SSSR count). The standard InChI is InChI=1S/C10H15O4/c1-3-9(11)13-7-5-6-8-14-10(12)4-2/h3,5H,1,4,6-8H2,2H3. The fraction of sp³-hybridized carbons (Fsp3) is 0.500. The summed E-state index contributed by atoms with van der Waals surface area (Å²) in [5.41, 5.74) is 0. The molecule has 0 aliphatic rings. The second-order valence-corrected chi connectivity index (χ2v) is 2.49. The van der Waals surface area contributed by atoms with Crippen LogP contribution in [0.1, 0.15) is 19.8 Å². The fourth-order valence-electron chi connectivity index (χ4n) is 0.641. The number of hydrogen-bond donors (Lipinski definition) is 0. The summed E-state index contributed by atoms with van der Waals surface area (Å²) in [4.78, 5) is 21.2. The van der Waals surface area contributed by atoms with E-state index in [2.05, 4.69) is 11.3 Å². The molecule has 14 heavy (non-hydrogen) atoms. The first kappa shape index (κ1) is 12.7. The smallest absolute Gasteiger partial charge is 0.330 e. The summed E-state index contributed by atoms with van der Waals surface area (Å²) in [5, 5.41) is 0. The van der Waals surface area contributed by atoms with Crippen molar-refractivity contribution in [1.29, 1.82) is 0 Å². The van der Waals surface area contributed by atoms with Gasteiger partial charge in [0.15, 0.2) is 0 Å². The first-order valence-electron chi connectivity index (χ1n) is 4.47. The van der Waals surface area contributed by atoms with E-state index in [0.29, 0.717) is 19.4 Å². The summed E-state index contributed by atoms with van der Waals surface area (Å²) in [7, 11) is 0. The van der Waals surface area contributed by atoms with Gasteiger partial charge < -0.3 is 9.47 Å². The lowest BCUT2D eigenvalue weighted by Crippen LogP contribution is -2.07. The number of ether oxygens (including phenoxy) is 2. The highest BCUT2D eigenvalue weighted by molar-refractivity contribution is 5.81. The van der Waals surface area contributed by atoms with Gasteiger partial charge in [-0.25, -0.2) is 4.79 Å². The van der Waals surface area contributed by atoms with E-state index in [4.69, 9.17) is 4.74 Å². The van der Waals surface area contributed by atoms with Gasteiger partial charge in [-0.15, -0.1) is 0 Å². The lowest BCUT2D eigenvalue weighted by Gasteiger charge is -2.03. The Morgan fingerprint density at radius 2 is 2.07 bits per heavy atom. The monoisotopic (exact) mass is 199 g/mol. The van der Waals surface area contributed by atoms with Gasteiger partial charge >= 0.3 is 11.9 Å². The highest BCUT2D eigenvalue weighted by Gasteiger charge is 1.98. The van der Waals surface area contributed by atoms with Crippen molar-refractivity contribution in [1.82, 2.24) is 0 Å². The zero-order chi connectivity index (χ0) is 10.8. The zero-order valence-corrected chi connectivity index (χ0v) is 8.32. The van der Waals surface area contributed by atoms with Crippen molar-refractivity contribution < 1.29 is 19.1 Å². The maximum Gasteiger partial charge on any atom is 0.330 e. The Kier molecular flexibility index (Phi) is 7.50. The van der Waals surface area contributed by atoms with Crippen molar-refractivity contribution in [2.45, 2.75) is 19.8 Å². The zero-order valence-electron chi connectivity index (χ0n) is 8.32. The van der Waals surface area contributed by atoms with E-state index in [1.54, 1.807) is 13.3 Å². The van der Waals surface area contributed by atoms with Crippen LogP contribution in [0.15, 0.2) is 12.7 Å². The Labute approximate surface area is 83.9 Å². The van der Waals surface area contributed by atoms with Gasteiger partial charge in [-0.1, -0.05) is 13.5 Å². The molecule has 1 radical (unpaired) electrons. The maximum absolute atomic E-state index is 10.7. The Bertz CT molecular complexity index is 198. The highest BCUT2D eigenvalue weighted by atomic mass is 16.5. The quantitative estimate of drug-likeness (QED) is 0.352. The largest absolute Gasteiger partial charge is 0.466 e. The SMILES string of the molecule is C=CC(=O)OC[CH]CCOC(=O)CC. The minimum atomic E-state index is -0.452. The van der Waals surface area contributed by atoms with Crippen LogP contribution >= 0.6 is 0 Å². The van der Waals surface area contributed by atoms with Crippen molar-refractivity contribution in [3.8, 4) is 0 Å². The molecule has 0 aliphatic carbocycles. The van der Waals surface area contributed by atoms with Gasteiger partial charge in [0, 0.05) is 18.9 Å². The Morgan fingerprint density at radius 1 is 1.36 bits per heavy atom. The molecule has 0 unspecified atom stereocenters. The average Bonchev–Trinajstić information content (AvgIpc) is 2.22. The van der Waals surface area contributed by atoms with Crippen LogP contribution in [0.25, 0.3) is 0 Å². The number of carbonyl (C=O) groups is 2. The highest BCUT2D eigenvalue weighted by Crippen LogP contribution is 1.92. The Hall–Kier alpha value is -1.32. The van der Waals surface area contributed by atoms with Gasteiger partial charge in [0.2, 0.25) is 0 Å². The summed E-state index contributed by atoms with van der Waals surface area (Å²) < 4.78 is 9.47. The summed E-state index contributed by atoms with van der Waals surface area (Å²) in [6, 6.07) is 0. The molecule has 0 bridgehead atoms. The molecule has 0 aliphatic heterocycles. The summed E-state index contributed by atoms with van der Waals surface area (Å²) >= 11 is 0. The van der Waals surface area contributed by atoms with Crippen LogP contribution in [-0.2, 0) is 19.1 Å². The molecule has 0 spiro atoms. The van der Waals surface area contributed by atoms with E-state index in [1.165, 1.54) is 0 Å². The van der Waals surface area contributed by atoms with Gasteiger partial charge in [0.1, 0.15) is 0 Å². The third kappa shape index (κ3) is 7.34. The third-order valence-corrected chi connectivity index (χ3v) is 1.38. The van der Waals surface area contributed by atoms with E-state index in [1.807, 2.05) is 0 Å². The molecule has 0 fully saturated rings. The summed E-state index contributed by atoms with van der Waals surface area (Å²) in [6.07, 6.45) is 3.79. The molecule has 0 aromatic carbocycles. The molecule has 0 N–H and O–H groups in total. The van der Waals surface area contributed by atoms with Crippen LogP contribution < -0.4 is 0 Å². The Balaban J connectivity index is 3.18. The first-order valence-corrected chi connectivity index (χ1v) is 4.47. The maximum atomic E-state index is 10.7. The van der Waals surface area contributed by atoms with E-state index >= 15 is 0 Å². The molecule has 0 amide bonds. The topological polar surface area (TPSA) is 52.6 Å². The van der Waals surface area contributed by atoms with Crippen molar-refractivity contribution in [3.63, 3.8) is 0 Å². The van der Waals surface area contributed by atoms with Gasteiger partial charge in [-0.3, -0.25) is 4.79 Å². The first-order chi connectivity index (χ1) is 6.70. The van der Waals surface area contributed by atoms with E-state index in [0.717, 1.165) is 6.08 Å². The van der Waals surface area contributed by atoms with Gasteiger partial charge in [-0.2, -0.15) is 0 Å². The van der Waals surface area contributed by atoms with Crippen LogP contribution in [0.5, 0.6) is 0 Å². The molecule has 79 valence electrons. The van der Waals surface area contributed by atoms with Crippen molar-refractivity contribution in [2.75, 3.05) is 13.2 Å². The van der Waals surface area contributed by atoms with E-state index < -0.39 is 5.97 Å². The Morgan fingerprint density at radius 3 is 2.64 bits per heavy atom. The second kappa shape index (κ2) is 8.29. The van der Waals surface area contributed by atoms with E-state index in [-0.39, 0.29) is 12.6 Å². The van der Waals surface area contributed by atoms with Gasteiger partial charge in [-0.05, 0) is 6.42 Å². The molecule has 0 heterocycles. The molecular formula is C10H15O4. The van der Waals surface area contributed by atoms with Crippen LogP contribution in [0, 0.1) is 6.42 Å². The number of hydrogen-bond acceptors (Lipinski definition) is 4. The molecule has 4 heteroatoms. The molecule has 4 nitrogen and oxygen atoms in total. The number of rotatable bonds is 7. The van der Waals surface area contributed by atoms with Crippen molar-refractivity contribution in [3.05, 3.63) is 19.1 Å². The second-order valence-electron chi connectivity index (χ2n) is 2.49. The lowest BCUT2D eigenvalue weighted by molar-refractivity contribution is -0.143. The predicted molar refractivity (Wildman–Crippen MR) is 51.3 cm³/mol. The van der Waals surface area contributed by atoms with Crippen LogP contribution in [0.4, 0.5) is 0 Å². The molecule has 0 aromatic heterocycles. The average molecular weight is 199 g/mol. The molecule has 0 atom stereocenters. The van der Waals surface area contributed by atoms with Crippen molar-refractivity contribution in [2.24, 2.45) is 0 Å². The van der Waals surface area contributed by atoms with Crippen LogP contribution in [0.3, 0.4) is 0 Å². The molecule has 0 saturated carbocycles. The minimum absolute atomic E-state index is 0.217. The predicted octanol–water partition coefficient (Wildman–Crippen LogP) is 1.26. The third-order valence-electron chi connectivity index (χ3n) is 1.38. The lowest BCUT2D eigenvalue weighted by atomic mass is 10.3. The molecular weight excluding hydrogens is 184 g/mol. The van der Waals surface area contributed by atoms with Crippen LogP contribution in [-0.4, -0.2) is 25.2 Å². The van der Waals surface area contributed by atoms with E-state index in [9.17, 15) is 9.59 Å². The molecule has 0 aromatic rings. The number of unbranched alkanes of at least 4 members (excludes halogenated alkanes) is 1. The minimum Gasteiger partial charge on any atom is -0.466 e. The normalized spacial score (nSPS) is 9.21. The van der Waals surface area contributed by atoms with Gasteiger partial charge in [0.25, 0.3) is 0 Å². The fourth-order valence-corrected chi connectivity index (χ4v) is 0.641. The van der Waals surface area contributed by atoms with Gasteiger partial charge in [0.05, 0.1) is 13.2 Å². The summed E-state index contributed by atoms with van der Waals surface area (Å²) in [6.45, 7) is 5.53. The van der Waals surface area contributed by atoms with Crippen molar-refractivity contribution >= 4 is 11.9 Å². The number of esters is 2. The molecule has 0 saturated heterocycles. The number of carbonyl (C=O) groups excluding carboxylic acids is 2. The van der Waals surface area contributed by atoms with Crippen LogP contribution in [0.2, 0.25) is 0 Å².